The zero-order chi connectivity index (χ0) is 11.7. The maximum Gasteiger partial charge on any atom is 0.152 e. The van der Waals surface area contributed by atoms with E-state index < -0.39 is 0 Å². The second-order valence-corrected chi connectivity index (χ2v) is 5.36. The molecule has 1 saturated carbocycles. The van der Waals surface area contributed by atoms with Gasteiger partial charge in [-0.15, -0.1) is 0 Å². The van der Waals surface area contributed by atoms with Gasteiger partial charge in [0.05, 0.1) is 5.69 Å². The van der Waals surface area contributed by atoms with Gasteiger partial charge in [-0.05, 0) is 43.7 Å². The lowest BCUT2D eigenvalue weighted by Gasteiger charge is -2.45. The minimum Gasteiger partial charge on any atom is -0.396 e. The SMILES string of the molecule is Nc1cccnc1N1CCCC2CCCCC21. The van der Waals surface area contributed by atoms with Gasteiger partial charge in [-0.25, -0.2) is 4.98 Å². The number of nitrogens with two attached hydrogens (primary N) is 1. The highest BCUT2D eigenvalue weighted by atomic mass is 15.2. The molecule has 1 saturated heterocycles. The fraction of sp³-hybridized carbons (Fsp3) is 0.643. The van der Waals surface area contributed by atoms with Crippen LogP contribution in [0.4, 0.5) is 11.5 Å². The van der Waals surface area contributed by atoms with Crippen molar-refractivity contribution in [2.45, 2.75) is 44.6 Å². The van der Waals surface area contributed by atoms with Gasteiger partial charge < -0.3 is 10.6 Å². The fourth-order valence-corrected chi connectivity index (χ4v) is 3.54. The van der Waals surface area contributed by atoms with Crippen molar-refractivity contribution in [3.63, 3.8) is 0 Å². The zero-order valence-corrected chi connectivity index (χ0v) is 10.3. The molecule has 1 aromatic rings. The first kappa shape index (κ1) is 10.9. The van der Waals surface area contributed by atoms with Gasteiger partial charge in [0, 0.05) is 18.8 Å². The lowest BCUT2D eigenvalue weighted by atomic mass is 9.78. The summed E-state index contributed by atoms with van der Waals surface area (Å²) in [6.45, 7) is 1.13. The molecule has 3 nitrogen and oxygen atoms in total. The van der Waals surface area contributed by atoms with Crippen LogP contribution in [-0.4, -0.2) is 17.6 Å². The number of pyridine rings is 1. The number of nitrogens with zero attached hydrogens (tertiary/aromatic N) is 2. The summed E-state index contributed by atoms with van der Waals surface area (Å²) in [7, 11) is 0. The Morgan fingerprint density at radius 2 is 2.00 bits per heavy atom. The molecule has 2 heterocycles. The van der Waals surface area contributed by atoms with Crippen molar-refractivity contribution in [2.24, 2.45) is 5.92 Å². The summed E-state index contributed by atoms with van der Waals surface area (Å²) in [6.07, 6.45) is 10.0. The first-order valence-electron chi connectivity index (χ1n) is 6.83. The van der Waals surface area contributed by atoms with Crippen molar-refractivity contribution in [1.82, 2.24) is 4.98 Å². The van der Waals surface area contributed by atoms with Gasteiger partial charge in [0.1, 0.15) is 0 Å². The Morgan fingerprint density at radius 3 is 2.88 bits per heavy atom. The van der Waals surface area contributed by atoms with Crippen molar-refractivity contribution in [2.75, 3.05) is 17.2 Å². The highest BCUT2D eigenvalue weighted by molar-refractivity contribution is 5.63. The molecule has 2 atom stereocenters. The molecule has 1 aliphatic carbocycles. The Bertz CT molecular complexity index is 389. The molecule has 0 aromatic carbocycles. The molecule has 1 aliphatic heterocycles. The molecule has 92 valence electrons. The van der Waals surface area contributed by atoms with Crippen molar-refractivity contribution in [1.29, 1.82) is 0 Å². The zero-order valence-electron chi connectivity index (χ0n) is 10.3. The minimum atomic E-state index is 0.690. The van der Waals surface area contributed by atoms with Crippen LogP contribution in [0.25, 0.3) is 0 Å². The van der Waals surface area contributed by atoms with E-state index in [1.54, 1.807) is 0 Å². The van der Waals surface area contributed by atoms with E-state index in [4.69, 9.17) is 5.73 Å². The maximum absolute atomic E-state index is 6.07. The van der Waals surface area contributed by atoms with Crippen molar-refractivity contribution in [3.05, 3.63) is 18.3 Å². The van der Waals surface area contributed by atoms with Crippen molar-refractivity contribution in [3.8, 4) is 0 Å². The molecule has 2 unspecified atom stereocenters. The van der Waals surface area contributed by atoms with Crippen LogP contribution in [0.1, 0.15) is 38.5 Å². The van der Waals surface area contributed by atoms with Crippen LogP contribution in [0, 0.1) is 5.92 Å². The molecule has 0 bridgehead atoms. The number of hydrogen-bond acceptors (Lipinski definition) is 3. The lowest BCUT2D eigenvalue weighted by Crippen LogP contribution is -2.47. The third-order valence-corrected chi connectivity index (χ3v) is 4.33. The van der Waals surface area contributed by atoms with Crippen LogP contribution in [0.2, 0.25) is 0 Å². The van der Waals surface area contributed by atoms with E-state index in [9.17, 15) is 0 Å². The van der Waals surface area contributed by atoms with Crippen LogP contribution in [0.3, 0.4) is 0 Å². The molecule has 2 N–H and O–H groups in total. The predicted octanol–water partition coefficient (Wildman–Crippen LogP) is 2.82. The Balaban J connectivity index is 1.88. The minimum absolute atomic E-state index is 0.690. The summed E-state index contributed by atoms with van der Waals surface area (Å²) in [5.41, 5.74) is 6.90. The number of hydrogen-bond donors (Lipinski definition) is 1. The van der Waals surface area contributed by atoms with Crippen molar-refractivity contribution >= 4 is 11.5 Å². The summed E-state index contributed by atoms with van der Waals surface area (Å²) in [6, 6.07) is 4.57. The molecule has 0 amide bonds. The monoisotopic (exact) mass is 231 g/mol. The largest absolute Gasteiger partial charge is 0.396 e. The molecule has 0 radical (unpaired) electrons. The molecule has 17 heavy (non-hydrogen) atoms. The number of nitrogen functional groups attached to an aromatic ring is 1. The third-order valence-electron chi connectivity index (χ3n) is 4.33. The van der Waals surface area contributed by atoms with Gasteiger partial charge in [-0.2, -0.15) is 0 Å². The van der Waals surface area contributed by atoms with Crippen LogP contribution >= 0.6 is 0 Å². The van der Waals surface area contributed by atoms with Crippen LogP contribution in [0.5, 0.6) is 0 Å². The summed E-state index contributed by atoms with van der Waals surface area (Å²) >= 11 is 0. The fourth-order valence-electron chi connectivity index (χ4n) is 3.54. The van der Waals surface area contributed by atoms with E-state index >= 15 is 0 Å². The average Bonchev–Trinajstić information content (AvgIpc) is 2.39. The molecule has 3 heteroatoms. The van der Waals surface area contributed by atoms with Gasteiger partial charge >= 0.3 is 0 Å². The molecule has 3 rings (SSSR count). The first-order chi connectivity index (χ1) is 8.36. The number of aromatic nitrogens is 1. The molecule has 0 spiro atoms. The molecular formula is C14H21N3. The number of anilines is 2. The van der Waals surface area contributed by atoms with E-state index in [2.05, 4.69) is 9.88 Å². The van der Waals surface area contributed by atoms with E-state index in [-0.39, 0.29) is 0 Å². The Labute approximate surface area is 103 Å². The van der Waals surface area contributed by atoms with Gasteiger partial charge in [0.15, 0.2) is 5.82 Å². The number of rotatable bonds is 1. The average molecular weight is 231 g/mol. The van der Waals surface area contributed by atoms with Gasteiger partial charge in [0.2, 0.25) is 0 Å². The van der Waals surface area contributed by atoms with Crippen molar-refractivity contribution < 1.29 is 0 Å². The highest BCUT2D eigenvalue weighted by Gasteiger charge is 2.34. The second kappa shape index (κ2) is 4.55. The molecule has 2 aliphatic rings. The van der Waals surface area contributed by atoms with E-state index in [1.807, 2.05) is 18.3 Å². The Hall–Kier alpha value is -1.25. The summed E-state index contributed by atoms with van der Waals surface area (Å²) in [4.78, 5) is 6.97. The topological polar surface area (TPSA) is 42.1 Å². The molecule has 1 aromatic heterocycles. The quantitative estimate of drug-likeness (QED) is 0.808. The molecular weight excluding hydrogens is 210 g/mol. The Kier molecular flexibility index (Phi) is 2.91. The van der Waals surface area contributed by atoms with E-state index in [0.717, 1.165) is 24.0 Å². The van der Waals surface area contributed by atoms with Gasteiger partial charge in [-0.1, -0.05) is 12.8 Å². The highest BCUT2D eigenvalue weighted by Crippen LogP contribution is 2.38. The molecule has 2 fully saturated rings. The Morgan fingerprint density at radius 1 is 1.18 bits per heavy atom. The predicted molar refractivity (Wildman–Crippen MR) is 71.0 cm³/mol. The summed E-state index contributed by atoms with van der Waals surface area (Å²) in [5.74, 6) is 1.89. The van der Waals surface area contributed by atoms with Gasteiger partial charge in [0.25, 0.3) is 0 Å². The van der Waals surface area contributed by atoms with E-state index in [1.165, 1.54) is 38.5 Å². The van der Waals surface area contributed by atoms with Gasteiger partial charge in [-0.3, -0.25) is 0 Å². The lowest BCUT2D eigenvalue weighted by molar-refractivity contribution is 0.243. The maximum atomic E-state index is 6.07. The summed E-state index contributed by atoms with van der Waals surface area (Å²) < 4.78 is 0. The smallest absolute Gasteiger partial charge is 0.152 e. The second-order valence-electron chi connectivity index (χ2n) is 5.36. The number of piperidine rings is 1. The standard InChI is InChI=1S/C14H21N3/c15-12-7-3-9-16-14(12)17-10-4-6-11-5-1-2-8-13(11)17/h3,7,9,11,13H,1-2,4-6,8,10,15H2. The summed E-state index contributed by atoms with van der Waals surface area (Å²) in [5, 5.41) is 0. The van der Waals surface area contributed by atoms with Crippen LogP contribution in [0.15, 0.2) is 18.3 Å². The normalized spacial score (nSPS) is 28.8. The van der Waals surface area contributed by atoms with Crippen LogP contribution in [-0.2, 0) is 0 Å². The van der Waals surface area contributed by atoms with E-state index in [0.29, 0.717) is 6.04 Å². The first-order valence-corrected chi connectivity index (χ1v) is 6.83. The van der Waals surface area contributed by atoms with Crippen LogP contribution < -0.4 is 10.6 Å². The number of fused-ring (bicyclic) bond motifs is 1. The third kappa shape index (κ3) is 1.99.